The average molecular weight is 529 g/mol. The molecule has 1 aliphatic rings. The van der Waals surface area contributed by atoms with Crippen LogP contribution in [0.1, 0.15) is 34.5 Å². The van der Waals surface area contributed by atoms with Crippen molar-refractivity contribution in [2.24, 2.45) is 0 Å². The third kappa shape index (κ3) is 6.04. The Morgan fingerprint density at radius 1 is 1.13 bits per heavy atom. The van der Waals surface area contributed by atoms with Gasteiger partial charge in [-0.3, -0.25) is 19.5 Å². The molecule has 1 fully saturated rings. The summed E-state index contributed by atoms with van der Waals surface area (Å²) in [5.41, 5.74) is 4.72. The molecule has 0 aliphatic carbocycles. The zero-order valence-electron chi connectivity index (χ0n) is 22.3. The van der Waals surface area contributed by atoms with Gasteiger partial charge in [-0.15, -0.1) is 0 Å². The first kappa shape index (κ1) is 26.2. The summed E-state index contributed by atoms with van der Waals surface area (Å²) in [7, 11) is 1.62. The maximum absolute atomic E-state index is 13.4. The van der Waals surface area contributed by atoms with Gasteiger partial charge in [-0.25, -0.2) is 4.98 Å². The van der Waals surface area contributed by atoms with Crippen LogP contribution in [0, 0.1) is 13.8 Å². The number of amides is 2. The molecule has 1 atom stereocenters. The molecule has 1 aliphatic heterocycles. The molecule has 0 radical (unpaired) electrons. The predicted octanol–water partition coefficient (Wildman–Crippen LogP) is 5.02. The van der Waals surface area contributed by atoms with Crippen LogP contribution in [0.5, 0.6) is 5.75 Å². The highest BCUT2D eigenvalue weighted by Gasteiger charge is 2.27. The fourth-order valence-electron chi connectivity index (χ4n) is 4.59. The largest absolute Gasteiger partial charge is 0.497 e. The van der Waals surface area contributed by atoms with Gasteiger partial charge in [-0.1, -0.05) is 6.07 Å². The van der Waals surface area contributed by atoms with Crippen molar-refractivity contribution in [1.29, 1.82) is 0 Å². The lowest BCUT2D eigenvalue weighted by molar-refractivity contribution is -0.117. The Bertz CT molecular complexity index is 1440. The number of hydrogen-bond donors (Lipinski definition) is 1. The summed E-state index contributed by atoms with van der Waals surface area (Å²) in [4.78, 5) is 32.7. The lowest BCUT2D eigenvalue weighted by Crippen LogP contribution is -2.42. The van der Waals surface area contributed by atoms with Gasteiger partial charge in [0.2, 0.25) is 11.9 Å². The monoisotopic (exact) mass is 528 g/mol. The molecule has 1 saturated heterocycles. The van der Waals surface area contributed by atoms with Crippen LogP contribution in [0.3, 0.4) is 0 Å². The van der Waals surface area contributed by atoms with Crippen LogP contribution in [-0.2, 0) is 9.53 Å². The van der Waals surface area contributed by atoms with Gasteiger partial charge < -0.3 is 18.8 Å². The molecule has 39 heavy (non-hydrogen) atoms. The molecule has 0 spiro atoms. The molecule has 3 heterocycles. The second-order valence-corrected chi connectivity index (χ2v) is 9.66. The number of nitrogens with zero attached hydrogens (tertiary/aromatic N) is 3. The standard InChI is InChI=1S/C30H32N4O5/c1-20-8-11-23(16-21(20)2)34-18-26(22-9-12-24(37-3)13-10-22)31-30(34)32-28(35)19-33(17-25-6-4-14-38-25)29(36)27-7-5-15-39-27/h5,7-13,15-16,18,25H,4,6,14,17,19H2,1-3H3,(H,31,32,35)/t25-/m0/s1. The van der Waals surface area contributed by atoms with E-state index in [2.05, 4.69) is 18.3 Å². The van der Waals surface area contributed by atoms with E-state index in [1.165, 1.54) is 16.7 Å². The Kier molecular flexibility index (Phi) is 7.79. The SMILES string of the molecule is COc1ccc(-c2cn(-c3ccc(C)c(C)c3)c(NC(=O)CN(C[C@@H]3CCCO3)C(=O)c3ccco3)n2)cc1. The Balaban J connectivity index is 1.42. The fraction of sp³-hybridized carbons (Fsp3) is 0.300. The molecule has 1 N–H and O–H groups in total. The number of carbonyl (C=O) groups excluding carboxylic acids is 2. The molecule has 0 bridgehead atoms. The third-order valence-corrected chi connectivity index (χ3v) is 6.91. The quantitative estimate of drug-likeness (QED) is 0.328. The number of benzene rings is 2. The van der Waals surface area contributed by atoms with Crippen LogP contribution in [0.25, 0.3) is 16.9 Å². The van der Waals surface area contributed by atoms with Crippen LogP contribution in [0.15, 0.2) is 71.5 Å². The Labute approximate surface area is 227 Å². The van der Waals surface area contributed by atoms with E-state index in [-0.39, 0.29) is 30.2 Å². The summed E-state index contributed by atoms with van der Waals surface area (Å²) < 4.78 is 18.2. The Morgan fingerprint density at radius 2 is 1.95 bits per heavy atom. The van der Waals surface area contributed by atoms with E-state index < -0.39 is 0 Å². The second kappa shape index (κ2) is 11.6. The molecule has 2 aromatic heterocycles. The molecule has 9 nitrogen and oxygen atoms in total. The van der Waals surface area contributed by atoms with Crippen molar-refractivity contribution in [3.8, 4) is 22.7 Å². The van der Waals surface area contributed by atoms with Gasteiger partial charge in [-0.05, 0) is 86.3 Å². The Morgan fingerprint density at radius 3 is 2.62 bits per heavy atom. The molecule has 0 saturated carbocycles. The first-order valence-electron chi connectivity index (χ1n) is 13.0. The molecule has 2 amide bonds. The highest BCUT2D eigenvalue weighted by molar-refractivity contribution is 5.97. The molecular weight excluding hydrogens is 496 g/mol. The van der Waals surface area contributed by atoms with Crippen molar-refractivity contribution < 1.29 is 23.5 Å². The van der Waals surface area contributed by atoms with E-state index in [0.717, 1.165) is 35.4 Å². The predicted molar refractivity (Wildman–Crippen MR) is 147 cm³/mol. The Hall–Kier alpha value is -4.37. The molecule has 0 unspecified atom stereocenters. The smallest absolute Gasteiger partial charge is 0.290 e. The van der Waals surface area contributed by atoms with Crippen LogP contribution in [0.2, 0.25) is 0 Å². The second-order valence-electron chi connectivity index (χ2n) is 9.66. The normalized spacial score (nSPS) is 14.8. The van der Waals surface area contributed by atoms with Crippen molar-refractivity contribution in [1.82, 2.24) is 14.5 Å². The van der Waals surface area contributed by atoms with Crippen molar-refractivity contribution in [2.45, 2.75) is 32.8 Å². The van der Waals surface area contributed by atoms with Gasteiger partial charge in [-0.2, -0.15) is 0 Å². The first-order chi connectivity index (χ1) is 18.9. The van der Waals surface area contributed by atoms with E-state index in [1.54, 1.807) is 19.2 Å². The van der Waals surface area contributed by atoms with Crippen molar-refractivity contribution in [3.63, 3.8) is 0 Å². The highest BCUT2D eigenvalue weighted by atomic mass is 16.5. The van der Waals surface area contributed by atoms with E-state index >= 15 is 0 Å². The molecule has 2 aromatic carbocycles. The van der Waals surface area contributed by atoms with E-state index in [1.807, 2.05) is 54.1 Å². The maximum atomic E-state index is 13.4. The molecule has 202 valence electrons. The lowest BCUT2D eigenvalue weighted by Gasteiger charge is -2.24. The average Bonchev–Trinajstić information content (AvgIpc) is 3.72. The number of aryl methyl sites for hydroxylation is 2. The summed E-state index contributed by atoms with van der Waals surface area (Å²) in [6.07, 6.45) is 4.99. The van der Waals surface area contributed by atoms with Gasteiger partial charge >= 0.3 is 0 Å². The van der Waals surface area contributed by atoms with Crippen LogP contribution >= 0.6 is 0 Å². The van der Waals surface area contributed by atoms with Crippen molar-refractivity contribution in [2.75, 3.05) is 32.1 Å². The van der Waals surface area contributed by atoms with Gasteiger partial charge in [0.15, 0.2) is 5.76 Å². The number of anilines is 1. The van der Waals surface area contributed by atoms with Crippen LogP contribution < -0.4 is 10.1 Å². The van der Waals surface area contributed by atoms with Crippen LogP contribution in [0.4, 0.5) is 5.95 Å². The number of ether oxygens (including phenoxy) is 2. The first-order valence-corrected chi connectivity index (χ1v) is 13.0. The summed E-state index contributed by atoms with van der Waals surface area (Å²) >= 11 is 0. The zero-order valence-corrected chi connectivity index (χ0v) is 22.3. The van der Waals surface area contributed by atoms with Crippen LogP contribution in [-0.4, -0.2) is 59.2 Å². The highest BCUT2D eigenvalue weighted by Crippen LogP contribution is 2.27. The van der Waals surface area contributed by atoms with Gasteiger partial charge in [0.05, 0.1) is 25.2 Å². The third-order valence-electron chi connectivity index (χ3n) is 6.91. The zero-order chi connectivity index (χ0) is 27.4. The van der Waals surface area contributed by atoms with E-state index in [9.17, 15) is 9.59 Å². The lowest BCUT2D eigenvalue weighted by atomic mass is 10.1. The molecular formula is C30H32N4O5. The van der Waals surface area contributed by atoms with Crippen molar-refractivity contribution >= 4 is 17.8 Å². The van der Waals surface area contributed by atoms with Gasteiger partial charge in [0, 0.05) is 30.6 Å². The summed E-state index contributed by atoms with van der Waals surface area (Å²) in [6, 6.07) is 16.9. The topological polar surface area (TPSA) is 98.8 Å². The summed E-state index contributed by atoms with van der Waals surface area (Å²) in [5.74, 6) is 0.552. The number of furan rings is 1. The van der Waals surface area contributed by atoms with E-state index in [4.69, 9.17) is 18.9 Å². The van der Waals surface area contributed by atoms with Crippen molar-refractivity contribution in [3.05, 3.63) is 83.9 Å². The minimum absolute atomic E-state index is 0.115. The number of carbonyl (C=O) groups is 2. The fourth-order valence-corrected chi connectivity index (χ4v) is 4.59. The van der Waals surface area contributed by atoms with E-state index in [0.29, 0.717) is 24.8 Å². The van der Waals surface area contributed by atoms with Gasteiger partial charge in [0.1, 0.15) is 12.3 Å². The minimum Gasteiger partial charge on any atom is -0.497 e. The number of aromatic nitrogens is 2. The maximum Gasteiger partial charge on any atom is 0.290 e. The number of imidazole rings is 1. The van der Waals surface area contributed by atoms with Gasteiger partial charge in [0.25, 0.3) is 5.91 Å². The number of methoxy groups -OCH3 is 1. The summed E-state index contributed by atoms with van der Waals surface area (Å²) in [6.45, 7) is 4.88. The minimum atomic E-state index is -0.370. The molecule has 4 aromatic rings. The number of rotatable bonds is 9. The number of nitrogens with one attached hydrogen (secondary N) is 1. The molecule has 9 heteroatoms. The number of hydrogen-bond acceptors (Lipinski definition) is 6. The summed E-state index contributed by atoms with van der Waals surface area (Å²) in [5, 5.41) is 2.93. The molecule has 5 rings (SSSR count).